The maximum absolute atomic E-state index is 12.9. The van der Waals surface area contributed by atoms with Gasteiger partial charge < -0.3 is 4.90 Å². The highest BCUT2D eigenvalue weighted by atomic mass is 16.2. The molecule has 0 saturated carbocycles. The summed E-state index contributed by atoms with van der Waals surface area (Å²) in [6.07, 6.45) is 5.99. The van der Waals surface area contributed by atoms with Crippen molar-refractivity contribution in [1.29, 1.82) is 0 Å². The maximum atomic E-state index is 12.9. The average Bonchev–Trinajstić information content (AvgIpc) is 3.27. The first kappa shape index (κ1) is 20.2. The van der Waals surface area contributed by atoms with E-state index in [4.69, 9.17) is 0 Å². The number of carbonyl (C=O) groups is 1. The highest BCUT2D eigenvalue weighted by Gasteiger charge is 2.23. The Labute approximate surface area is 185 Å². The molecule has 32 heavy (non-hydrogen) atoms. The van der Waals surface area contributed by atoms with Crippen molar-refractivity contribution in [2.75, 3.05) is 13.1 Å². The lowest BCUT2D eigenvalue weighted by Crippen LogP contribution is -2.41. The molecule has 162 valence electrons. The number of hydrogen-bond donors (Lipinski definition) is 0. The van der Waals surface area contributed by atoms with E-state index < -0.39 is 0 Å². The molecule has 7 heteroatoms. The lowest BCUT2D eigenvalue weighted by Gasteiger charge is -2.32. The summed E-state index contributed by atoms with van der Waals surface area (Å²) in [5, 5.41) is 4.73. The smallest absolute Gasteiger partial charge is 0.264 e. The van der Waals surface area contributed by atoms with E-state index in [0.29, 0.717) is 17.0 Å². The van der Waals surface area contributed by atoms with E-state index in [1.807, 2.05) is 41.3 Å². The summed E-state index contributed by atoms with van der Waals surface area (Å²) in [7, 11) is 0. The summed E-state index contributed by atoms with van der Waals surface area (Å²) >= 11 is 0. The van der Waals surface area contributed by atoms with E-state index in [2.05, 4.69) is 34.3 Å². The summed E-state index contributed by atoms with van der Waals surface area (Å²) in [6, 6.07) is 20.0. The maximum Gasteiger partial charge on any atom is 0.264 e. The predicted octanol–water partition coefficient (Wildman–Crippen LogP) is 3.06. The fourth-order valence-electron chi connectivity index (χ4n) is 4.40. The molecular formula is C25H25N5O2. The van der Waals surface area contributed by atoms with E-state index in [1.54, 1.807) is 4.68 Å². The number of likely N-dealkylation sites (tertiary alicyclic amines) is 1. The Bertz CT molecular complexity index is 1270. The Morgan fingerprint density at radius 3 is 2.38 bits per heavy atom. The average molecular weight is 428 g/mol. The van der Waals surface area contributed by atoms with Crippen LogP contribution in [0.5, 0.6) is 0 Å². The van der Waals surface area contributed by atoms with Gasteiger partial charge in [-0.15, -0.1) is 0 Å². The molecule has 0 N–H and O–H groups in total. The number of nitrogens with zero attached hydrogens (tertiary/aromatic N) is 5. The molecule has 3 heterocycles. The van der Waals surface area contributed by atoms with Crippen LogP contribution in [-0.4, -0.2) is 43.2 Å². The van der Waals surface area contributed by atoms with Gasteiger partial charge in [0.05, 0.1) is 11.9 Å². The molecule has 1 aliphatic rings. The van der Waals surface area contributed by atoms with Crippen LogP contribution >= 0.6 is 0 Å². The van der Waals surface area contributed by atoms with Gasteiger partial charge in [-0.25, -0.2) is 9.67 Å². The molecule has 0 bridgehead atoms. The highest BCUT2D eigenvalue weighted by molar-refractivity contribution is 5.78. The molecule has 0 radical (unpaired) electrons. The van der Waals surface area contributed by atoms with Gasteiger partial charge in [-0.3, -0.25) is 14.2 Å². The van der Waals surface area contributed by atoms with Crippen molar-refractivity contribution in [3.8, 4) is 5.69 Å². The third-order valence-electron chi connectivity index (χ3n) is 6.20. The molecule has 2 aromatic heterocycles. The van der Waals surface area contributed by atoms with Crippen molar-refractivity contribution in [3.05, 3.63) is 89.1 Å². The molecule has 0 spiro atoms. The van der Waals surface area contributed by atoms with Crippen molar-refractivity contribution >= 4 is 16.9 Å². The fraction of sp³-hybridized carbons (Fsp3) is 0.280. The van der Waals surface area contributed by atoms with Gasteiger partial charge in [0.2, 0.25) is 5.91 Å². The molecule has 5 rings (SSSR count). The Morgan fingerprint density at radius 2 is 1.66 bits per heavy atom. The summed E-state index contributed by atoms with van der Waals surface area (Å²) < 4.78 is 3.03. The molecule has 1 aliphatic heterocycles. The minimum Gasteiger partial charge on any atom is -0.341 e. The van der Waals surface area contributed by atoms with E-state index in [1.165, 1.54) is 22.7 Å². The number of benzene rings is 2. The van der Waals surface area contributed by atoms with Gasteiger partial charge in [-0.2, -0.15) is 5.10 Å². The van der Waals surface area contributed by atoms with E-state index >= 15 is 0 Å². The first-order valence-corrected chi connectivity index (χ1v) is 11.0. The van der Waals surface area contributed by atoms with Gasteiger partial charge in [-0.1, -0.05) is 48.5 Å². The van der Waals surface area contributed by atoms with Crippen molar-refractivity contribution in [1.82, 2.24) is 24.2 Å². The molecule has 0 aliphatic carbocycles. The van der Waals surface area contributed by atoms with Gasteiger partial charge in [0.15, 0.2) is 5.65 Å². The fourth-order valence-corrected chi connectivity index (χ4v) is 4.40. The number of amides is 1. The summed E-state index contributed by atoms with van der Waals surface area (Å²) in [5.41, 5.74) is 2.43. The molecule has 1 saturated heterocycles. The van der Waals surface area contributed by atoms with Gasteiger partial charge in [0.25, 0.3) is 5.56 Å². The zero-order valence-corrected chi connectivity index (χ0v) is 17.8. The van der Waals surface area contributed by atoms with E-state index in [9.17, 15) is 9.59 Å². The number of carbonyl (C=O) groups excluding carboxylic acids is 1. The molecule has 0 unspecified atom stereocenters. The highest BCUT2D eigenvalue weighted by Crippen LogP contribution is 2.22. The number of hydrogen-bond acceptors (Lipinski definition) is 4. The third kappa shape index (κ3) is 4.06. The number of piperidine rings is 1. The van der Waals surface area contributed by atoms with E-state index in [0.717, 1.165) is 38.0 Å². The van der Waals surface area contributed by atoms with Crippen LogP contribution in [0.2, 0.25) is 0 Å². The number of para-hydroxylation sites is 1. The minimum absolute atomic E-state index is 0.00163. The molecule has 2 aromatic carbocycles. The summed E-state index contributed by atoms with van der Waals surface area (Å²) in [6.45, 7) is 1.46. The Morgan fingerprint density at radius 1 is 0.969 bits per heavy atom. The lowest BCUT2D eigenvalue weighted by molar-refractivity contribution is -0.133. The van der Waals surface area contributed by atoms with E-state index in [-0.39, 0.29) is 18.0 Å². The van der Waals surface area contributed by atoms with Crippen molar-refractivity contribution in [2.45, 2.75) is 25.8 Å². The van der Waals surface area contributed by atoms with Crippen molar-refractivity contribution in [2.24, 2.45) is 5.92 Å². The second-order valence-corrected chi connectivity index (χ2v) is 8.32. The van der Waals surface area contributed by atoms with Gasteiger partial charge in [0.1, 0.15) is 18.3 Å². The molecule has 0 atom stereocenters. The van der Waals surface area contributed by atoms with Crippen LogP contribution in [0.3, 0.4) is 0 Å². The normalized spacial score (nSPS) is 14.7. The first-order valence-electron chi connectivity index (χ1n) is 11.0. The molecular weight excluding hydrogens is 402 g/mol. The van der Waals surface area contributed by atoms with Gasteiger partial charge in [0, 0.05) is 13.1 Å². The zero-order valence-electron chi connectivity index (χ0n) is 17.8. The largest absolute Gasteiger partial charge is 0.341 e. The monoisotopic (exact) mass is 427 g/mol. The Hall–Kier alpha value is -3.74. The van der Waals surface area contributed by atoms with Gasteiger partial charge in [-0.05, 0) is 42.9 Å². The lowest BCUT2D eigenvalue weighted by atomic mass is 9.90. The number of aromatic nitrogens is 4. The molecule has 1 fully saturated rings. The van der Waals surface area contributed by atoms with Crippen molar-refractivity contribution < 1.29 is 4.79 Å². The molecule has 4 aromatic rings. The quantitative estimate of drug-likeness (QED) is 0.491. The number of fused-ring (bicyclic) bond motifs is 1. The standard InChI is InChI=1S/C25H25N5O2/c31-23(28-13-11-20(12-14-28)15-19-7-3-1-4-8-19)17-29-18-26-24-22(25(29)32)16-27-30(24)21-9-5-2-6-10-21/h1-10,16,18,20H,11-15,17H2. The summed E-state index contributed by atoms with van der Waals surface area (Å²) in [4.78, 5) is 32.1. The predicted molar refractivity (Wildman–Crippen MR) is 123 cm³/mol. The molecule has 1 amide bonds. The topological polar surface area (TPSA) is 73.0 Å². The number of rotatable bonds is 5. The van der Waals surface area contributed by atoms with Crippen LogP contribution < -0.4 is 5.56 Å². The summed E-state index contributed by atoms with van der Waals surface area (Å²) in [5.74, 6) is 0.549. The van der Waals surface area contributed by atoms with Crippen molar-refractivity contribution in [3.63, 3.8) is 0 Å². The van der Waals surface area contributed by atoms with Crippen LogP contribution in [0.25, 0.3) is 16.7 Å². The van der Waals surface area contributed by atoms with Crippen LogP contribution in [0, 0.1) is 5.92 Å². The second-order valence-electron chi connectivity index (χ2n) is 8.32. The first-order chi connectivity index (χ1) is 15.7. The second kappa shape index (κ2) is 8.78. The van der Waals surface area contributed by atoms with Crippen LogP contribution in [0.1, 0.15) is 18.4 Å². The third-order valence-corrected chi connectivity index (χ3v) is 6.20. The zero-order chi connectivity index (χ0) is 21.9. The Kier molecular flexibility index (Phi) is 5.54. The SMILES string of the molecule is O=C(Cn1cnc2c(cnn2-c2ccccc2)c1=O)N1CCC(Cc2ccccc2)CC1. The molecule has 7 nitrogen and oxygen atoms in total. The van der Waals surface area contributed by atoms with Gasteiger partial charge >= 0.3 is 0 Å². The minimum atomic E-state index is -0.246. The Balaban J connectivity index is 1.25. The van der Waals surface area contributed by atoms with Crippen LogP contribution in [-0.2, 0) is 17.8 Å². The van der Waals surface area contributed by atoms with Crippen LogP contribution in [0.15, 0.2) is 78.0 Å². The van der Waals surface area contributed by atoms with Crippen LogP contribution in [0.4, 0.5) is 0 Å².